The van der Waals surface area contributed by atoms with Gasteiger partial charge >= 0.3 is 5.97 Å². The van der Waals surface area contributed by atoms with Crippen molar-refractivity contribution < 1.29 is 19.2 Å². The van der Waals surface area contributed by atoms with Crippen molar-refractivity contribution in [2.75, 3.05) is 5.32 Å². The molecule has 80 valence electrons. The molecule has 0 aliphatic carbocycles. The predicted molar refractivity (Wildman–Crippen MR) is 51.1 cm³/mol. The van der Waals surface area contributed by atoms with Gasteiger partial charge in [-0.3, -0.25) is 4.79 Å². The SMILES string of the molecule is CC(C(=O)O)=C(C)C(=O)Nc1cnoc1. The average Bonchev–Trinajstić information content (AvgIpc) is 2.67. The molecular formula is C9H10N2O4. The summed E-state index contributed by atoms with van der Waals surface area (Å²) in [4.78, 5) is 22.0. The van der Waals surface area contributed by atoms with Crippen molar-refractivity contribution in [3.8, 4) is 0 Å². The molecule has 1 aromatic rings. The van der Waals surface area contributed by atoms with E-state index in [0.29, 0.717) is 5.69 Å². The van der Waals surface area contributed by atoms with Gasteiger partial charge in [-0.2, -0.15) is 0 Å². The summed E-state index contributed by atoms with van der Waals surface area (Å²) in [5, 5.41) is 14.5. The summed E-state index contributed by atoms with van der Waals surface area (Å²) >= 11 is 0. The Kier molecular flexibility index (Phi) is 3.22. The number of carbonyl (C=O) groups excluding carboxylic acids is 1. The van der Waals surface area contributed by atoms with Crippen molar-refractivity contribution >= 4 is 17.6 Å². The molecule has 1 amide bonds. The van der Waals surface area contributed by atoms with Crippen molar-refractivity contribution in [3.05, 3.63) is 23.6 Å². The molecule has 1 aromatic heterocycles. The number of anilines is 1. The van der Waals surface area contributed by atoms with Gasteiger partial charge in [-0.1, -0.05) is 5.16 Å². The topological polar surface area (TPSA) is 92.4 Å². The monoisotopic (exact) mass is 210 g/mol. The van der Waals surface area contributed by atoms with Gasteiger partial charge in [0.2, 0.25) is 0 Å². The first-order chi connectivity index (χ1) is 7.02. The number of hydrogen-bond acceptors (Lipinski definition) is 4. The van der Waals surface area contributed by atoms with Crippen molar-refractivity contribution in [1.82, 2.24) is 5.16 Å². The maximum atomic E-state index is 11.5. The molecule has 0 radical (unpaired) electrons. The third kappa shape index (κ3) is 2.67. The third-order valence-electron chi connectivity index (χ3n) is 1.91. The van der Waals surface area contributed by atoms with E-state index in [2.05, 4.69) is 15.0 Å². The van der Waals surface area contributed by atoms with Crippen LogP contribution in [0.3, 0.4) is 0 Å². The van der Waals surface area contributed by atoms with Crippen LogP contribution in [0, 0.1) is 0 Å². The van der Waals surface area contributed by atoms with Crippen LogP contribution < -0.4 is 5.32 Å². The van der Waals surface area contributed by atoms with E-state index in [0.717, 1.165) is 0 Å². The summed E-state index contributed by atoms with van der Waals surface area (Å²) in [6.45, 7) is 2.80. The highest BCUT2D eigenvalue weighted by atomic mass is 16.5. The zero-order chi connectivity index (χ0) is 11.4. The minimum absolute atomic E-state index is 0.00366. The Bertz CT molecular complexity index is 406. The Morgan fingerprint density at radius 2 is 2.07 bits per heavy atom. The van der Waals surface area contributed by atoms with Crippen molar-refractivity contribution in [1.29, 1.82) is 0 Å². The zero-order valence-electron chi connectivity index (χ0n) is 8.27. The standard InChI is InChI=1S/C9H10N2O4/c1-5(6(2)9(13)14)8(12)11-7-3-10-15-4-7/h3-4H,1-2H3,(H,11,12)(H,13,14). The lowest BCUT2D eigenvalue weighted by molar-refractivity contribution is -0.133. The molecule has 0 unspecified atom stereocenters. The van der Waals surface area contributed by atoms with Gasteiger partial charge in [-0.25, -0.2) is 4.79 Å². The number of carboxylic acids is 1. The number of aromatic nitrogens is 1. The van der Waals surface area contributed by atoms with E-state index in [-0.39, 0.29) is 11.1 Å². The summed E-state index contributed by atoms with van der Waals surface area (Å²) in [6, 6.07) is 0. The first kappa shape index (κ1) is 11.0. The summed E-state index contributed by atoms with van der Waals surface area (Å²) in [5.74, 6) is -1.61. The van der Waals surface area contributed by atoms with E-state index < -0.39 is 11.9 Å². The summed E-state index contributed by atoms with van der Waals surface area (Å²) in [5.41, 5.74) is 0.533. The zero-order valence-corrected chi connectivity index (χ0v) is 8.27. The highest BCUT2D eigenvalue weighted by Crippen LogP contribution is 2.09. The van der Waals surface area contributed by atoms with Crippen LogP contribution in [0.5, 0.6) is 0 Å². The second kappa shape index (κ2) is 4.41. The molecule has 2 N–H and O–H groups in total. The van der Waals surface area contributed by atoms with Gasteiger partial charge in [0.05, 0.1) is 6.20 Å². The van der Waals surface area contributed by atoms with Crippen LogP contribution in [0.25, 0.3) is 0 Å². The van der Waals surface area contributed by atoms with Gasteiger partial charge < -0.3 is 14.9 Å². The van der Waals surface area contributed by atoms with E-state index in [4.69, 9.17) is 5.11 Å². The molecule has 0 bridgehead atoms. The molecule has 1 rings (SSSR count). The number of carboxylic acid groups (broad SMARTS) is 1. The second-order valence-corrected chi connectivity index (χ2v) is 2.92. The van der Waals surface area contributed by atoms with Gasteiger partial charge in [0.25, 0.3) is 5.91 Å². The normalized spacial score (nSPS) is 11.9. The molecular weight excluding hydrogens is 200 g/mol. The van der Waals surface area contributed by atoms with Crippen molar-refractivity contribution in [2.45, 2.75) is 13.8 Å². The Hall–Kier alpha value is -2.11. The smallest absolute Gasteiger partial charge is 0.331 e. The Balaban J connectivity index is 2.78. The summed E-state index contributed by atoms with van der Waals surface area (Å²) in [6.07, 6.45) is 2.57. The second-order valence-electron chi connectivity index (χ2n) is 2.92. The van der Waals surface area contributed by atoms with E-state index >= 15 is 0 Å². The highest BCUT2D eigenvalue weighted by molar-refractivity contribution is 6.07. The lowest BCUT2D eigenvalue weighted by Crippen LogP contribution is -2.15. The van der Waals surface area contributed by atoms with Crippen LogP contribution in [-0.4, -0.2) is 22.1 Å². The van der Waals surface area contributed by atoms with Crippen LogP contribution in [-0.2, 0) is 9.59 Å². The molecule has 0 aromatic carbocycles. The van der Waals surface area contributed by atoms with E-state index in [1.54, 1.807) is 0 Å². The minimum atomic E-state index is -1.12. The van der Waals surface area contributed by atoms with Gasteiger partial charge in [-0.05, 0) is 13.8 Å². The molecule has 1 heterocycles. The maximum Gasteiger partial charge on any atom is 0.331 e. The number of rotatable bonds is 3. The number of nitrogens with zero attached hydrogens (tertiary/aromatic N) is 1. The molecule has 6 nitrogen and oxygen atoms in total. The number of nitrogens with one attached hydrogen (secondary N) is 1. The highest BCUT2D eigenvalue weighted by Gasteiger charge is 2.13. The fourth-order valence-corrected chi connectivity index (χ4v) is 0.822. The Morgan fingerprint density at radius 1 is 1.40 bits per heavy atom. The third-order valence-corrected chi connectivity index (χ3v) is 1.91. The minimum Gasteiger partial charge on any atom is -0.478 e. The summed E-state index contributed by atoms with van der Waals surface area (Å²) < 4.78 is 4.51. The molecule has 0 saturated heterocycles. The number of amides is 1. The predicted octanol–water partition coefficient (Wildman–Crippen LogP) is 1.03. The van der Waals surface area contributed by atoms with E-state index in [1.807, 2.05) is 0 Å². The van der Waals surface area contributed by atoms with Crippen molar-refractivity contribution in [2.24, 2.45) is 0 Å². The van der Waals surface area contributed by atoms with Gasteiger partial charge in [0, 0.05) is 11.1 Å². The van der Waals surface area contributed by atoms with Gasteiger partial charge in [-0.15, -0.1) is 0 Å². The summed E-state index contributed by atoms with van der Waals surface area (Å²) in [7, 11) is 0. The molecule has 0 aliphatic rings. The molecule has 0 saturated carbocycles. The van der Waals surface area contributed by atoms with Gasteiger partial charge in [0.15, 0.2) is 0 Å². The molecule has 0 spiro atoms. The Labute approximate surface area is 85.6 Å². The molecule has 0 fully saturated rings. The molecule has 0 atom stereocenters. The van der Waals surface area contributed by atoms with Crippen LogP contribution >= 0.6 is 0 Å². The molecule has 6 heteroatoms. The molecule has 15 heavy (non-hydrogen) atoms. The fourth-order valence-electron chi connectivity index (χ4n) is 0.822. The van der Waals surface area contributed by atoms with Crippen molar-refractivity contribution in [3.63, 3.8) is 0 Å². The lowest BCUT2D eigenvalue weighted by atomic mass is 10.1. The first-order valence-corrected chi connectivity index (χ1v) is 4.14. The van der Waals surface area contributed by atoms with Crippen LogP contribution in [0.1, 0.15) is 13.8 Å². The van der Waals surface area contributed by atoms with E-state index in [1.165, 1.54) is 26.3 Å². The number of aliphatic carboxylic acids is 1. The lowest BCUT2D eigenvalue weighted by Gasteiger charge is -2.03. The van der Waals surface area contributed by atoms with Crippen LogP contribution in [0.2, 0.25) is 0 Å². The molecule has 0 aliphatic heterocycles. The average molecular weight is 210 g/mol. The van der Waals surface area contributed by atoms with Crippen LogP contribution in [0.4, 0.5) is 5.69 Å². The van der Waals surface area contributed by atoms with Gasteiger partial charge in [0.1, 0.15) is 12.0 Å². The van der Waals surface area contributed by atoms with Crippen LogP contribution in [0.15, 0.2) is 28.1 Å². The number of carbonyl (C=O) groups is 2. The fraction of sp³-hybridized carbons (Fsp3) is 0.222. The number of hydrogen-bond donors (Lipinski definition) is 2. The Morgan fingerprint density at radius 3 is 2.53 bits per heavy atom. The largest absolute Gasteiger partial charge is 0.478 e. The van der Waals surface area contributed by atoms with E-state index in [9.17, 15) is 9.59 Å². The quantitative estimate of drug-likeness (QED) is 0.727. The first-order valence-electron chi connectivity index (χ1n) is 4.14. The maximum absolute atomic E-state index is 11.5.